The van der Waals surface area contributed by atoms with Crippen molar-refractivity contribution in [1.82, 2.24) is 5.32 Å². The van der Waals surface area contributed by atoms with Crippen molar-refractivity contribution in [3.63, 3.8) is 0 Å². The molecule has 1 aromatic carbocycles. The molecule has 3 atom stereocenters. The number of phenolic OH excluding ortho intramolecular Hbond substituents is 1. The van der Waals surface area contributed by atoms with E-state index in [0.717, 1.165) is 29.9 Å². The van der Waals surface area contributed by atoms with Crippen LogP contribution in [0, 0.1) is 24.7 Å². The predicted molar refractivity (Wildman–Crippen MR) is 84.8 cm³/mol. The van der Waals surface area contributed by atoms with Crippen molar-refractivity contribution in [1.29, 1.82) is 0 Å². The Hall–Kier alpha value is -1.02. The minimum absolute atomic E-state index is 0.410. The van der Waals surface area contributed by atoms with Crippen LogP contribution in [0.25, 0.3) is 0 Å². The molecule has 0 amide bonds. The fourth-order valence-electron chi connectivity index (χ4n) is 3.53. The summed E-state index contributed by atoms with van der Waals surface area (Å²) in [6, 6.07) is 6.42. The Morgan fingerprint density at radius 2 is 2.05 bits per heavy atom. The van der Waals surface area contributed by atoms with E-state index in [-0.39, 0.29) is 0 Å². The van der Waals surface area contributed by atoms with Crippen LogP contribution in [0.2, 0.25) is 0 Å². The minimum atomic E-state index is 0.410. The zero-order valence-electron chi connectivity index (χ0n) is 13.3. The van der Waals surface area contributed by atoms with Gasteiger partial charge in [0.2, 0.25) is 0 Å². The Morgan fingerprint density at radius 3 is 2.75 bits per heavy atom. The van der Waals surface area contributed by atoms with E-state index >= 15 is 0 Å². The predicted octanol–water partition coefficient (Wildman–Crippen LogP) is 4.25. The van der Waals surface area contributed by atoms with Crippen molar-refractivity contribution in [2.24, 2.45) is 17.8 Å². The fourth-order valence-corrected chi connectivity index (χ4v) is 3.53. The Balaban J connectivity index is 2.01. The van der Waals surface area contributed by atoms with Crippen LogP contribution in [-0.4, -0.2) is 11.1 Å². The lowest BCUT2D eigenvalue weighted by molar-refractivity contribution is 0.169. The SMILES string of the molecule is Cc1ccc(O)c(CN[C@@H]2C[C@H](C)CC[C@H]2C(C)C)c1. The summed E-state index contributed by atoms with van der Waals surface area (Å²) < 4.78 is 0. The molecule has 0 aliphatic heterocycles. The van der Waals surface area contributed by atoms with Crippen LogP contribution in [0.5, 0.6) is 5.75 Å². The first-order chi connectivity index (χ1) is 9.47. The molecule has 0 bridgehead atoms. The molecule has 0 heterocycles. The average Bonchev–Trinajstić information content (AvgIpc) is 2.39. The lowest BCUT2D eigenvalue weighted by Crippen LogP contribution is -2.42. The first kappa shape index (κ1) is 15.4. The molecule has 20 heavy (non-hydrogen) atoms. The number of phenols is 1. The first-order valence-corrected chi connectivity index (χ1v) is 7.99. The van der Waals surface area contributed by atoms with Gasteiger partial charge in [-0.15, -0.1) is 0 Å². The van der Waals surface area contributed by atoms with Crippen LogP contribution in [0.3, 0.4) is 0 Å². The summed E-state index contributed by atoms with van der Waals surface area (Å²) in [5.74, 6) is 2.71. The van der Waals surface area contributed by atoms with E-state index in [1.165, 1.54) is 24.8 Å². The van der Waals surface area contributed by atoms with Gasteiger partial charge in [-0.2, -0.15) is 0 Å². The topological polar surface area (TPSA) is 32.3 Å². The maximum Gasteiger partial charge on any atom is 0.120 e. The lowest BCUT2D eigenvalue weighted by Gasteiger charge is -2.38. The molecular weight excluding hydrogens is 246 g/mol. The summed E-state index contributed by atoms with van der Waals surface area (Å²) in [6.07, 6.45) is 3.95. The third-order valence-corrected chi connectivity index (χ3v) is 4.81. The van der Waals surface area contributed by atoms with Crippen molar-refractivity contribution < 1.29 is 5.11 Å². The maximum absolute atomic E-state index is 9.95. The number of rotatable bonds is 4. The van der Waals surface area contributed by atoms with Gasteiger partial charge in [0.05, 0.1) is 0 Å². The van der Waals surface area contributed by atoms with Crippen LogP contribution < -0.4 is 5.32 Å². The minimum Gasteiger partial charge on any atom is -0.508 e. The molecule has 1 saturated carbocycles. The number of benzene rings is 1. The molecular formula is C18H29NO. The van der Waals surface area contributed by atoms with E-state index in [1.54, 1.807) is 6.07 Å². The van der Waals surface area contributed by atoms with Gasteiger partial charge in [0.15, 0.2) is 0 Å². The van der Waals surface area contributed by atoms with E-state index in [2.05, 4.69) is 39.1 Å². The standard InChI is InChI=1S/C18H29NO/c1-12(2)16-7-5-14(4)10-17(16)19-11-15-9-13(3)6-8-18(15)20/h6,8-9,12,14,16-17,19-20H,5,7,10-11H2,1-4H3/t14-,16+,17-/m1/s1. The van der Waals surface area contributed by atoms with Gasteiger partial charge in [-0.25, -0.2) is 0 Å². The quantitative estimate of drug-likeness (QED) is 0.861. The maximum atomic E-state index is 9.95. The van der Waals surface area contributed by atoms with Gasteiger partial charge in [0.25, 0.3) is 0 Å². The Bertz CT molecular complexity index is 441. The van der Waals surface area contributed by atoms with Crippen LogP contribution in [-0.2, 0) is 6.54 Å². The summed E-state index contributed by atoms with van der Waals surface area (Å²) in [4.78, 5) is 0. The third kappa shape index (κ3) is 3.76. The summed E-state index contributed by atoms with van der Waals surface area (Å²) >= 11 is 0. The normalized spacial score (nSPS) is 26.9. The van der Waals surface area contributed by atoms with E-state index in [4.69, 9.17) is 0 Å². The van der Waals surface area contributed by atoms with Crippen LogP contribution >= 0.6 is 0 Å². The van der Waals surface area contributed by atoms with Gasteiger partial charge in [0.1, 0.15) is 5.75 Å². The van der Waals surface area contributed by atoms with Crippen molar-refractivity contribution in [2.75, 3.05) is 0 Å². The molecule has 1 fully saturated rings. The zero-order valence-corrected chi connectivity index (χ0v) is 13.3. The zero-order chi connectivity index (χ0) is 14.7. The van der Waals surface area contributed by atoms with Gasteiger partial charge in [-0.05, 0) is 43.6 Å². The van der Waals surface area contributed by atoms with Gasteiger partial charge in [0, 0.05) is 18.2 Å². The lowest BCUT2D eigenvalue weighted by atomic mass is 9.74. The molecule has 2 N–H and O–H groups in total. The second-order valence-corrected chi connectivity index (χ2v) is 6.95. The molecule has 0 radical (unpaired) electrons. The van der Waals surface area contributed by atoms with Crippen molar-refractivity contribution >= 4 is 0 Å². The highest BCUT2D eigenvalue weighted by Crippen LogP contribution is 2.33. The van der Waals surface area contributed by atoms with Crippen molar-refractivity contribution in [2.45, 2.75) is 59.5 Å². The third-order valence-electron chi connectivity index (χ3n) is 4.81. The summed E-state index contributed by atoms with van der Waals surface area (Å²) in [5.41, 5.74) is 2.22. The largest absolute Gasteiger partial charge is 0.508 e. The molecule has 2 rings (SSSR count). The highest BCUT2D eigenvalue weighted by molar-refractivity contribution is 5.35. The molecule has 0 aromatic heterocycles. The summed E-state index contributed by atoms with van der Waals surface area (Å²) in [5, 5.41) is 13.7. The second kappa shape index (κ2) is 6.62. The Morgan fingerprint density at radius 1 is 1.30 bits per heavy atom. The molecule has 1 aromatic rings. The number of aromatic hydroxyl groups is 1. The van der Waals surface area contributed by atoms with Crippen LogP contribution in [0.4, 0.5) is 0 Å². The van der Waals surface area contributed by atoms with E-state index in [1.807, 2.05) is 6.07 Å². The van der Waals surface area contributed by atoms with Crippen LogP contribution in [0.15, 0.2) is 18.2 Å². The number of hydrogen-bond donors (Lipinski definition) is 2. The molecule has 1 aliphatic rings. The molecule has 2 heteroatoms. The van der Waals surface area contributed by atoms with E-state index < -0.39 is 0 Å². The van der Waals surface area contributed by atoms with Gasteiger partial charge >= 0.3 is 0 Å². The van der Waals surface area contributed by atoms with Gasteiger partial charge in [-0.1, -0.05) is 44.9 Å². The average molecular weight is 275 g/mol. The number of aryl methyl sites for hydroxylation is 1. The van der Waals surface area contributed by atoms with Crippen LogP contribution in [0.1, 0.15) is 51.2 Å². The Labute approximate surface area is 123 Å². The van der Waals surface area contributed by atoms with Crippen molar-refractivity contribution in [3.05, 3.63) is 29.3 Å². The molecule has 0 spiro atoms. The molecule has 0 unspecified atom stereocenters. The number of hydrogen-bond acceptors (Lipinski definition) is 2. The fraction of sp³-hybridized carbons (Fsp3) is 0.667. The monoisotopic (exact) mass is 275 g/mol. The van der Waals surface area contributed by atoms with E-state index in [9.17, 15) is 5.11 Å². The molecule has 2 nitrogen and oxygen atoms in total. The highest BCUT2D eigenvalue weighted by atomic mass is 16.3. The molecule has 1 aliphatic carbocycles. The first-order valence-electron chi connectivity index (χ1n) is 7.99. The number of nitrogens with one attached hydrogen (secondary N) is 1. The summed E-state index contributed by atoms with van der Waals surface area (Å²) in [7, 11) is 0. The van der Waals surface area contributed by atoms with Gasteiger partial charge in [-0.3, -0.25) is 0 Å². The molecule has 0 saturated heterocycles. The molecule has 112 valence electrons. The second-order valence-electron chi connectivity index (χ2n) is 6.95. The Kier molecular flexibility index (Phi) is 5.09. The highest BCUT2D eigenvalue weighted by Gasteiger charge is 2.30. The smallest absolute Gasteiger partial charge is 0.120 e. The van der Waals surface area contributed by atoms with Crippen molar-refractivity contribution in [3.8, 4) is 5.75 Å². The van der Waals surface area contributed by atoms with E-state index in [0.29, 0.717) is 11.8 Å². The van der Waals surface area contributed by atoms with Gasteiger partial charge < -0.3 is 10.4 Å². The summed E-state index contributed by atoms with van der Waals surface area (Å²) in [6.45, 7) is 9.87.